The third-order valence-electron chi connectivity index (χ3n) is 3.61. The number of rotatable bonds is 5. The molecule has 0 aliphatic carbocycles. The maximum absolute atomic E-state index is 5.27. The Bertz CT molecular complexity index is 526. The van der Waals surface area contributed by atoms with E-state index in [9.17, 15) is 0 Å². The minimum absolute atomic E-state index is 0.473. The fourth-order valence-corrected chi connectivity index (χ4v) is 2.50. The minimum atomic E-state index is 0.473. The Morgan fingerprint density at radius 1 is 1.36 bits per heavy atom. The molecule has 0 unspecified atom stereocenters. The smallest absolute Gasteiger partial charge is 0.192 e. The summed E-state index contributed by atoms with van der Waals surface area (Å²) in [5.74, 6) is 4.37. The van der Waals surface area contributed by atoms with Gasteiger partial charge >= 0.3 is 0 Å². The highest BCUT2D eigenvalue weighted by Gasteiger charge is 2.12. The van der Waals surface area contributed by atoms with Crippen molar-refractivity contribution in [2.75, 3.05) is 31.1 Å². The number of hydrogen-bond acceptors (Lipinski definition) is 3. The normalized spacial score (nSPS) is 15.3. The van der Waals surface area contributed by atoms with Crippen molar-refractivity contribution >= 4 is 11.8 Å². The van der Waals surface area contributed by atoms with Crippen molar-refractivity contribution in [3.05, 3.63) is 23.9 Å². The molecular formula is C17H25N5. The van der Waals surface area contributed by atoms with E-state index in [1.165, 1.54) is 19.3 Å². The van der Waals surface area contributed by atoms with Crippen LogP contribution in [0.4, 0.5) is 5.82 Å². The van der Waals surface area contributed by atoms with E-state index in [0.717, 1.165) is 37.0 Å². The van der Waals surface area contributed by atoms with E-state index in [4.69, 9.17) is 6.42 Å². The van der Waals surface area contributed by atoms with Gasteiger partial charge in [-0.15, -0.1) is 6.42 Å². The molecule has 1 aliphatic rings. The van der Waals surface area contributed by atoms with Crippen LogP contribution in [0, 0.1) is 12.3 Å². The molecule has 22 heavy (non-hydrogen) atoms. The molecule has 5 heteroatoms. The summed E-state index contributed by atoms with van der Waals surface area (Å²) in [7, 11) is 0. The van der Waals surface area contributed by atoms with Crippen molar-refractivity contribution in [2.24, 2.45) is 4.99 Å². The predicted molar refractivity (Wildman–Crippen MR) is 92.0 cm³/mol. The van der Waals surface area contributed by atoms with Gasteiger partial charge < -0.3 is 15.5 Å². The van der Waals surface area contributed by atoms with Gasteiger partial charge in [0.05, 0.1) is 13.1 Å². The summed E-state index contributed by atoms with van der Waals surface area (Å²) in [5, 5.41) is 6.28. The number of hydrogen-bond donors (Lipinski definition) is 2. The largest absolute Gasteiger partial charge is 0.357 e. The lowest BCUT2D eigenvalue weighted by atomic mass is 10.1. The molecule has 0 aromatic carbocycles. The quantitative estimate of drug-likeness (QED) is 0.494. The van der Waals surface area contributed by atoms with E-state index in [-0.39, 0.29) is 0 Å². The standard InChI is InChI=1S/C17H25N5/c1-3-9-20-17(18-4-2)21-14-15-8-10-19-16(13-15)22-11-6-5-7-12-22/h1,8,10,13H,4-7,9,11-12,14H2,2H3,(H2,18,20,21). The fourth-order valence-electron chi connectivity index (χ4n) is 2.50. The highest BCUT2D eigenvalue weighted by Crippen LogP contribution is 2.18. The number of pyridine rings is 1. The Kier molecular flexibility index (Phi) is 6.56. The number of aliphatic imine (C=N–C) groups is 1. The van der Waals surface area contributed by atoms with E-state index in [0.29, 0.717) is 13.1 Å². The number of guanidine groups is 1. The third-order valence-corrected chi connectivity index (χ3v) is 3.61. The van der Waals surface area contributed by atoms with Gasteiger partial charge in [0.1, 0.15) is 5.82 Å². The van der Waals surface area contributed by atoms with E-state index >= 15 is 0 Å². The Morgan fingerprint density at radius 3 is 2.91 bits per heavy atom. The number of nitrogens with one attached hydrogen (secondary N) is 2. The maximum Gasteiger partial charge on any atom is 0.192 e. The van der Waals surface area contributed by atoms with Gasteiger partial charge in [-0.2, -0.15) is 0 Å². The van der Waals surface area contributed by atoms with Crippen LogP contribution < -0.4 is 15.5 Å². The molecular weight excluding hydrogens is 274 g/mol. The van der Waals surface area contributed by atoms with Gasteiger partial charge in [0, 0.05) is 25.8 Å². The molecule has 5 nitrogen and oxygen atoms in total. The van der Waals surface area contributed by atoms with Crippen LogP contribution in [-0.4, -0.2) is 37.1 Å². The number of nitrogens with zero attached hydrogens (tertiary/aromatic N) is 3. The van der Waals surface area contributed by atoms with Crippen LogP contribution in [0.2, 0.25) is 0 Å². The van der Waals surface area contributed by atoms with Gasteiger partial charge in [-0.3, -0.25) is 0 Å². The van der Waals surface area contributed by atoms with Crippen molar-refractivity contribution in [1.29, 1.82) is 0 Å². The molecule has 0 saturated carbocycles. The zero-order valence-electron chi connectivity index (χ0n) is 13.3. The lowest BCUT2D eigenvalue weighted by Crippen LogP contribution is -2.37. The van der Waals surface area contributed by atoms with Crippen molar-refractivity contribution in [2.45, 2.75) is 32.7 Å². The fraction of sp³-hybridized carbons (Fsp3) is 0.529. The molecule has 2 rings (SSSR count). The molecule has 1 aromatic heterocycles. The summed E-state index contributed by atoms with van der Waals surface area (Å²) in [6.07, 6.45) is 11.0. The molecule has 0 atom stereocenters. The maximum atomic E-state index is 5.27. The molecule has 0 amide bonds. The number of aromatic nitrogens is 1. The average molecular weight is 299 g/mol. The molecule has 0 radical (unpaired) electrons. The summed E-state index contributed by atoms with van der Waals surface area (Å²) in [5.41, 5.74) is 1.16. The van der Waals surface area contributed by atoms with Crippen LogP contribution in [0.1, 0.15) is 31.7 Å². The molecule has 2 heterocycles. The molecule has 1 aliphatic heterocycles. The summed E-state index contributed by atoms with van der Waals surface area (Å²) in [4.78, 5) is 11.4. The topological polar surface area (TPSA) is 52.6 Å². The zero-order chi connectivity index (χ0) is 15.6. The first-order chi connectivity index (χ1) is 10.8. The van der Waals surface area contributed by atoms with Gasteiger partial charge in [0.15, 0.2) is 5.96 Å². The highest BCUT2D eigenvalue weighted by atomic mass is 15.2. The lowest BCUT2D eigenvalue weighted by Gasteiger charge is -2.27. The molecule has 0 spiro atoms. The van der Waals surface area contributed by atoms with Crippen LogP contribution >= 0.6 is 0 Å². The van der Waals surface area contributed by atoms with E-state index in [1.807, 2.05) is 19.2 Å². The minimum Gasteiger partial charge on any atom is -0.357 e. The predicted octanol–water partition coefficient (Wildman–Crippen LogP) is 1.76. The van der Waals surface area contributed by atoms with Gasteiger partial charge in [-0.25, -0.2) is 9.98 Å². The zero-order valence-corrected chi connectivity index (χ0v) is 13.3. The summed E-state index contributed by atoms with van der Waals surface area (Å²) < 4.78 is 0. The first-order valence-electron chi connectivity index (χ1n) is 7.99. The van der Waals surface area contributed by atoms with Crippen LogP contribution in [0.25, 0.3) is 0 Å². The molecule has 1 fully saturated rings. The number of anilines is 1. The molecule has 1 saturated heterocycles. The number of terminal acetylenes is 1. The SMILES string of the molecule is C#CCNC(=NCc1ccnc(N2CCCCC2)c1)NCC. The monoisotopic (exact) mass is 299 g/mol. The Morgan fingerprint density at radius 2 is 2.18 bits per heavy atom. The summed E-state index contributed by atoms with van der Waals surface area (Å²) >= 11 is 0. The second-order valence-electron chi connectivity index (χ2n) is 5.32. The van der Waals surface area contributed by atoms with Crippen LogP contribution in [0.5, 0.6) is 0 Å². The van der Waals surface area contributed by atoms with Crippen molar-refractivity contribution in [3.63, 3.8) is 0 Å². The second-order valence-corrected chi connectivity index (χ2v) is 5.32. The van der Waals surface area contributed by atoms with Crippen LogP contribution in [-0.2, 0) is 6.54 Å². The lowest BCUT2D eigenvalue weighted by molar-refractivity contribution is 0.573. The van der Waals surface area contributed by atoms with Crippen LogP contribution in [0.15, 0.2) is 23.3 Å². The van der Waals surface area contributed by atoms with Crippen molar-refractivity contribution < 1.29 is 0 Å². The Hall–Kier alpha value is -2.22. The third kappa shape index (κ3) is 4.96. The summed E-state index contributed by atoms with van der Waals surface area (Å²) in [6, 6.07) is 4.15. The summed E-state index contributed by atoms with van der Waals surface area (Å²) in [6.45, 7) is 6.14. The average Bonchev–Trinajstić information content (AvgIpc) is 2.58. The molecule has 118 valence electrons. The molecule has 1 aromatic rings. The van der Waals surface area contributed by atoms with E-state index in [2.05, 4.69) is 37.5 Å². The van der Waals surface area contributed by atoms with E-state index in [1.54, 1.807) is 0 Å². The van der Waals surface area contributed by atoms with Gasteiger partial charge in [0.2, 0.25) is 0 Å². The second kappa shape index (κ2) is 8.93. The van der Waals surface area contributed by atoms with Crippen LogP contribution in [0.3, 0.4) is 0 Å². The highest BCUT2D eigenvalue weighted by molar-refractivity contribution is 5.80. The van der Waals surface area contributed by atoms with E-state index < -0.39 is 0 Å². The van der Waals surface area contributed by atoms with Crippen molar-refractivity contribution in [1.82, 2.24) is 15.6 Å². The first kappa shape index (κ1) is 16.2. The van der Waals surface area contributed by atoms with Gasteiger partial charge in [0.25, 0.3) is 0 Å². The molecule has 0 bridgehead atoms. The Balaban J connectivity index is 2.00. The van der Waals surface area contributed by atoms with Crippen molar-refractivity contribution in [3.8, 4) is 12.3 Å². The molecule has 2 N–H and O–H groups in total. The number of piperidine rings is 1. The van der Waals surface area contributed by atoms with Gasteiger partial charge in [-0.05, 0) is 43.9 Å². The first-order valence-corrected chi connectivity index (χ1v) is 7.99. The Labute approximate surface area is 133 Å². The van der Waals surface area contributed by atoms with Gasteiger partial charge in [-0.1, -0.05) is 5.92 Å².